The van der Waals surface area contributed by atoms with Gasteiger partial charge in [-0.05, 0) is 56.9 Å². The van der Waals surface area contributed by atoms with E-state index < -0.39 is 6.10 Å². The number of carbonyl (C=O) groups is 1. The van der Waals surface area contributed by atoms with Gasteiger partial charge < -0.3 is 14.8 Å². The first-order chi connectivity index (χ1) is 13.4. The third kappa shape index (κ3) is 4.16. The number of nitrogens with one attached hydrogen (secondary N) is 1. The third-order valence-corrected chi connectivity index (χ3v) is 5.82. The van der Waals surface area contributed by atoms with Crippen molar-refractivity contribution in [2.45, 2.75) is 71.6 Å². The van der Waals surface area contributed by atoms with E-state index in [0.717, 1.165) is 47.5 Å². The second-order valence-corrected chi connectivity index (χ2v) is 7.82. The topological polar surface area (TPSA) is 47.6 Å². The second kappa shape index (κ2) is 8.26. The van der Waals surface area contributed by atoms with Gasteiger partial charge in [-0.25, -0.2) is 0 Å². The number of ether oxygens (including phenoxy) is 2. The van der Waals surface area contributed by atoms with Crippen LogP contribution >= 0.6 is 0 Å². The zero-order valence-corrected chi connectivity index (χ0v) is 17.5. The number of benzene rings is 2. The van der Waals surface area contributed by atoms with Gasteiger partial charge in [-0.15, -0.1) is 0 Å². The molecule has 1 aliphatic rings. The van der Waals surface area contributed by atoms with Crippen LogP contribution in [-0.2, 0) is 4.79 Å². The molecule has 1 N–H and O–H groups in total. The van der Waals surface area contributed by atoms with Crippen LogP contribution in [0.5, 0.6) is 11.5 Å². The molecule has 2 atom stereocenters. The van der Waals surface area contributed by atoms with Gasteiger partial charge in [-0.2, -0.15) is 0 Å². The lowest BCUT2D eigenvalue weighted by atomic mass is 9.83. The first-order valence-electron chi connectivity index (χ1n) is 10.2. The van der Waals surface area contributed by atoms with Crippen molar-refractivity contribution in [3.63, 3.8) is 0 Å². The Kier molecular flexibility index (Phi) is 5.97. The maximum absolute atomic E-state index is 12.9. The minimum absolute atomic E-state index is 0.0815. The minimum Gasteiger partial charge on any atom is -0.487 e. The molecule has 0 unspecified atom stereocenters. The van der Waals surface area contributed by atoms with Gasteiger partial charge in [0, 0.05) is 12.0 Å². The Morgan fingerprint density at radius 1 is 1.21 bits per heavy atom. The van der Waals surface area contributed by atoms with Gasteiger partial charge in [-0.1, -0.05) is 44.2 Å². The van der Waals surface area contributed by atoms with E-state index in [1.807, 2.05) is 56.3 Å². The molecular weight excluding hydrogens is 350 g/mol. The average Bonchev–Trinajstić information content (AvgIpc) is 2.70. The van der Waals surface area contributed by atoms with E-state index in [1.54, 1.807) is 6.92 Å². The number of hydrogen-bond acceptors (Lipinski definition) is 3. The first-order valence-corrected chi connectivity index (χ1v) is 10.2. The van der Waals surface area contributed by atoms with E-state index in [-0.39, 0.29) is 17.6 Å². The van der Waals surface area contributed by atoms with Crippen LogP contribution in [0.25, 0.3) is 0 Å². The molecule has 0 bridgehead atoms. The zero-order valence-electron chi connectivity index (χ0n) is 17.5. The predicted octanol–water partition coefficient (Wildman–Crippen LogP) is 5.27. The average molecular weight is 382 g/mol. The lowest BCUT2D eigenvalue weighted by Gasteiger charge is -2.41. The van der Waals surface area contributed by atoms with E-state index in [4.69, 9.17) is 9.47 Å². The molecule has 0 saturated carbocycles. The van der Waals surface area contributed by atoms with Gasteiger partial charge in [0.25, 0.3) is 5.91 Å². The monoisotopic (exact) mass is 381 g/mol. The Labute approximate surface area is 168 Å². The predicted molar refractivity (Wildman–Crippen MR) is 112 cm³/mol. The summed E-state index contributed by atoms with van der Waals surface area (Å²) in [6, 6.07) is 13.9. The molecule has 0 fully saturated rings. The van der Waals surface area contributed by atoms with E-state index in [2.05, 4.69) is 19.2 Å². The SMILES string of the molecule is CCC1(CC)C[C@@H](NC(=O)[C@@H](C)Oc2cc(C)ccc2C)c2ccccc2O1. The molecule has 0 saturated heterocycles. The van der Waals surface area contributed by atoms with Gasteiger partial charge in [0.05, 0.1) is 6.04 Å². The van der Waals surface area contributed by atoms with Crippen LogP contribution in [-0.4, -0.2) is 17.6 Å². The summed E-state index contributed by atoms with van der Waals surface area (Å²) in [6.07, 6.45) is 1.99. The smallest absolute Gasteiger partial charge is 0.261 e. The number of para-hydroxylation sites is 1. The van der Waals surface area contributed by atoms with Gasteiger partial charge in [0.15, 0.2) is 6.10 Å². The van der Waals surface area contributed by atoms with E-state index in [0.29, 0.717) is 0 Å². The quantitative estimate of drug-likeness (QED) is 0.741. The van der Waals surface area contributed by atoms with E-state index in [9.17, 15) is 4.79 Å². The first kappa shape index (κ1) is 20.2. The number of amides is 1. The fourth-order valence-corrected chi connectivity index (χ4v) is 3.80. The van der Waals surface area contributed by atoms with Crippen molar-refractivity contribution < 1.29 is 14.3 Å². The van der Waals surface area contributed by atoms with Crippen LogP contribution in [0.2, 0.25) is 0 Å². The fourth-order valence-electron chi connectivity index (χ4n) is 3.80. The standard InChI is InChI=1S/C24H31NO3/c1-6-24(7-2)15-20(19-10-8-9-11-21(19)28-24)25-23(26)18(5)27-22-14-16(3)12-13-17(22)4/h8-14,18,20H,6-7,15H2,1-5H3,(H,25,26)/t18-,20-/m1/s1. The summed E-state index contributed by atoms with van der Waals surface area (Å²) in [5.74, 6) is 1.51. The number of rotatable bonds is 6. The van der Waals surface area contributed by atoms with Crippen LogP contribution in [0.3, 0.4) is 0 Å². The maximum Gasteiger partial charge on any atom is 0.261 e. The van der Waals surface area contributed by atoms with Gasteiger partial charge in [-0.3, -0.25) is 4.79 Å². The molecule has 1 amide bonds. The number of aryl methyl sites for hydroxylation is 2. The number of fused-ring (bicyclic) bond motifs is 1. The molecule has 28 heavy (non-hydrogen) atoms. The number of hydrogen-bond donors (Lipinski definition) is 1. The van der Waals surface area contributed by atoms with E-state index >= 15 is 0 Å². The molecule has 1 aliphatic heterocycles. The van der Waals surface area contributed by atoms with Gasteiger partial charge in [0.2, 0.25) is 0 Å². The summed E-state index contributed by atoms with van der Waals surface area (Å²) in [7, 11) is 0. The Morgan fingerprint density at radius 3 is 2.64 bits per heavy atom. The normalized spacial score (nSPS) is 18.5. The highest BCUT2D eigenvalue weighted by atomic mass is 16.5. The number of carbonyl (C=O) groups excluding carboxylic acids is 1. The van der Waals surface area contributed by atoms with Crippen LogP contribution < -0.4 is 14.8 Å². The Hall–Kier alpha value is -2.49. The maximum atomic E-state index is 12.9. The summed E-state index contributed by atoms with van der Waals surface area (Å²) in [4.78, 5) is 12.9. The molecule has 2 aromatic rings. The molecule has 0 aromatic heterocycles. The van der Waals surface area contributed by atoms with Crippen molar-refractivity contribution in [1.82, 2.24) is 5.32 Å². The zero-order chi connectivity index (χ0) is 20.3. The lowest BCUT2D eigenvalue weighted by Crippen LogP contribution is -2.47. The summed E-state index contributed by atoms with van der Waals surface area (Å²) in [6.45, 7) is 10.1. The van der Waals surface area contributed by atoms with Crippen LogP contribution in [0.15, 0.2) is 42.5 Å². The summed E-state index contributed by atoms with van der Waals surface area (Å²) < 4.78 is 12.3. The highest BCUT2D eigenvalue weighted by molar-refractivity contribution is 5.81. The second-order valence-electron chi connectivity index (χ2n) is 7.82. The minimum atomic E-state index is -0.576. The molecule has 4 heteroatoms. The van der Waals surface area contributed by atoms with E-state index in [1.165, 1.54) is 0 Å². The lowest BCUT2D eigenvalue weighted by molar-refractivity contribution is -0.128. The van der Waals surface area contributed by atoms with Crippen molar-refractivity contribution in [3.05, 3.63) is 59.2 Å². The third-order valence-electron chi connectivity index (χ3n) is 5.82. The highest BCUT2D eigenvalue weighted by Gasteiger charge is 2.39. The van der Waals surface area contributed by atoms with Crippen molar-refractivity contribution in [3.8, 4) is 11.5 Å². The molecule has 150 valence electrons. The molecule has 1 heterocycles. The molecule has 0 radical (unpaired) electrons. The fraction of sp³-hybridized carbons (Fsp3) is 0.458. The largest absolute Gasteiger partial charge is 0.487 e. The van der Waals surface area contributed by atoms with Crippen LogP contribution in [0.1, 0.15) is 62.8 Å². The van der Waals surface area contributed by atoms with Crippen molar-refractivity contribution in [1.29, 1.82) is 0 Å². The highest BCUT2D eigenvalue weighted by Crippen LogP contribution is 2.42. The molecule has 3 rings (SSSR count). The van der Waals surface area contributed by atoms with Crippen LogP contribution in [0, 0.1) is 13.8 Å². The Morgan fingerprint density at radius 2 is 1.93 bits per heavy atom. The molecule has 0 spiro atoms. The Balaban J connectivity index is 1.77. The summed E-state index contributed by atoms with van der Waals surface area (Å²) >= 11 is 0. The van der Waals surface area contributed by atoms with Crippen molar-refractivity contribution >= 4 is 5.91 Å². The van der Waals surface area contributed by atoms with Crippen molar-refractivity contribution in [2.24, 2.45) is 0 Å². The molecule has 2 aromatic carbocycles. The molecular formula is C24H31NO3. The summed E-state index contributed by atoms with van der Waals surface area (Å²) in [5.41, 5.74) is 2.93. The van der Waals surface area contributed by atoms with Crippen molar-refractivity contribution in [2.75, 3.05) is 0 Å². The Bertz CT molecular complexity index is 841. The molecule has 4 nitrogen and oxygen atoms in total. The van der Waals surface area contributed by atoms with Crippen LogP contribution in [0.4, 0.5) is 0 Å². The summed E-state index contributed by atoms with van der Waals surface area (Å²) in [5, 5.41) is 3.21. The van der Waals surface area contributed by atoms with Gasteiger partial charge >= 0.3 is 0 Å². The van der Waals surface area contributed by atoms with Gasteiger partial charge in [0.1, 0.15) is 17.1 Å². The molecule has 0 aliphatic carbocycles.